The number of hydrogen-bond donors (Lipinski definition) is 1. The highest BCUT2D eigenvalue weighted by Crippen LogP contribution is 2.33. The van der Waals surface area contributed by atoms with E-state index in [4.69, 9.17) is 10.5 Å². The third-order valence-corrected chi connectivity index (χ3v) is 4.86. The molecule has 0 aromatic heterocycles. The van der Waals surface area contributed by atoms with Crippen LogP contribution in [0.4, 0.5) is 0 Å². The topological polar surface area (TPSA) is 55.6 Å². The minimum Gasteiger partial charge on any atom is -0.373 e. The first-order valence-electron chi connectivity index (χ1n) is 7.78. The zero-order valence-electron chi connectivity index (χ0n) is 13.1. The van der Waals surface area contributed by atoms with Crippen LogP contribution in [-0.2, 0) is 16.0 Å². The fraction of sp³-hybridized carbons (Fsp3) is 0.588. The Hall–Kier alpha value is -1.10. The summed E-state index contributed by atoms with van der Waals surface area (Å²) in [5, 5.41) is 0. The average Bonchev–Trinajstić information content (AvgIpc) is 2.91. The van der Waals surface area contributed by atoms with Gasteiger partial charge in [-0.3, -0.25) is 4.79 Å². The monoisotopic (exact) mass is 324 g/mol. The van der Waals surface area contributed by atoms with Crippen molar-refractivity contribution in [3.05, 3.63) is 35.4 Å². The van der Waals surface area contributed by atoms with Crippen LogP contribution in [0.15, 0.2) is 24.3 Å². The lowest BCUT2D eigenvalue weighted by atomic mass is 9.90. The summed E-state index contributed by atoms with van der Waals surface area (Å²) in [5.41, 5.74) is 8.39. The second-order valence-electron chi connectivity index (χ2n) is 6.59. The van der Waals surface area contributed by atoms with Gasteiger partial charge in [-0.05, 0) is 35.9 Å². The summed E-state index contributed by atoms with van der Waals surface area (Å²) in [6.07, 6.45) is 2.29. The van der Waals surface area contributed by atoms with Gasteiger partial charge in [-0.1, -0.05) is 31.2 Å². The van der Waals surface area contributed by atoms with Crippen LogP contribution in [0.3, 0.4) is 0 Å². The highest BCUT2D eigenvalue weighted by Gasteiger charge is 2.36. The van der Waals surface area contributed by atoms with Crippen molar-refractivity contribution in [3.63, 3.8) is 0 Å². The van der Waals surface area contributed by atoms with Crippen molar-refractivity contribution in [2.75, 3.05) is 26.2 Å². The molecule has 2 heterocycles. The smallest absolute Gasteiger partial charge is 0.225 e. The second-order valence-corrected chi connectivity index (χ2v) is 6.59. The largest absolute Gasteiger partial charge is 0.373 e. The Labute approximate surface area is 138 Å². The molecule has 1 amide bonds. The maximum absolute atomic E-state index is 12.5. The summed E-state index contributed by atoms with van der Waals surface area (Å²) in [7, 11) is 0. The minimum absolute atomic E-state index is 0. The number of likely N-dealkylation sites (tertiary alicyclic amines) is 1. The van der Waals surface area contributed by atoms with E-state index >= 15 is 0 Å². The second kappa shape index (κ2) is 6.99. The van der Waals surface area contributed by atoms with Gasteiger partial charge in [0.2, 0.25) is 5.91 Å². The van der Waals surface area contributed by atoms with Gasteiger partial charge in [0, 0.05) is 13.1 Å². The van der Waals surface area contributed by atoms with Gasteiger partial charge in [0.25, 0.3) is 0 Å². The lowest BCUT2D eigenvalue weighted by Gasteiger charge is -2.28. The Kier molecular flexibility index (Phi) is 5.48. The van der Waals surface area contributed by atoms with E-state index < -0.39 is 0 Å². The Balaban J connectivity index is 0.00000176. The molecular weight excluding hydrogens is 300 g/mol. The van der Waals surface area contributed by atoms with Crippen LogP contribution in [-0.4, -0.2) is 37.0 Å². The number of carbonyl (C=O) groups is 1. The van der Waals surface area contributed by atoms with Gasteiger partial charge in [-0.25, -0.2) is 0 Å². The summed E-state index contributed by atoms with van der Waals surface area (Å²) in [5.74, 6) is 0.189. The number of hydrogen-bond acceptors (Lipinski definition) is 3. The lowest BCUT2D eigenvalue weighted by molar-refractivity contribution is -0.134. The fourth-order valence-corrected chi connectivity index (χ4v) is 3.34. The quantitative estimate of drug-likeness (QED) is 0.928. The lowest BCUT2D eigenvalue weighted by Crippen LogP contribution is -2.35. The number of benzene rings is 1. The van der Waals surface area contributed by atoms with Crippen LogP contribution in [0.25, 0.3) is 0 Å². The van der Waals surface area contributed by atoms with Crippen LogP contribution in [0, 0.1) is 5.41 Å². The molecule has 2 atom stereocenters. The van der Waals surface area contributed by atoms with Gasteiger partial charge in [0.15, 0.2) is 0 Å². The van der Waals surface area contributed by atoms with E-state index in [-0.39, 0.29) is 29.8 Å². The molecule has 5 heteroatoms. The predicted octanol–water partition coefficient (Wildman–Crippen LogP) is 2.31. The number of carbonyl (C=O) groups excluding carboxylic acids is 1. The molecule has 122 valence electrons. The molecule has 2 aliphatic rings. The third kappa shape index (κ3) is 3.45. The Morgan fingerprint density at radius 3 is 2.95 bits per heavy atom. The number of nitrogens with zero attached hydrogens (tertiary/aromatic N) is 1. The molecule has 0 spiro atoms. The normalized spacial score (nSPS) is 27.2. The molecule has 0 radical (unpaired) electrons. The Bertz CT molecular complexity index is 537. The SMILES string of the molecule is CC1(CN)CCN(C(=O)CC2OCCc3ccccc32)C1.Cl. The molecule has 0 saturated carbocycles. The van der Waals surface area contributed by atoms with Crippen LogP contribution in [0.1, 0.15) is 37.0 Å². The van der Waals surface area contributed by atoms with Gasteiger partial charge in [-0.15, -0.1) is 12.4 Å². The van der Waals surface area contributed by atoms with Crippen molar-refractivity contribution >= 4 is 18.3 Å². The molecule has 2 N–H and O–H groups in total. The van der Waals surface area contributed by atoms with E-state index in [9.17, 15) is 4.79 Å². The molecule has 1 saturated heterocycles. The predicted molar refractivity (Wildman–Crippen MR) is 89.1 cm³/mol. The third-order valence-electron chi connectivity index (χ3n) is 4.86. The standard InChI is InChI=1S/C17H24N2O2.ClH/c1-17(11-18)7-8-19(12-17)16(20)10-15-14-5-3-2-4-13(14)6-9-21-15;/h2-5,15H,6-12,18H2,1H3;1H. The number of halogens is 1. The van der Waals surface area contributed by atoms with E-state index in [1.165, 1.54) is 11.1 Å². The molecule has 0 aliphatic carbocycles. The number of amides is 1. The van der Waals surface area contributed by atoms with Crippen molar-refractivity contribution in [3.8, 4) is 0 Å². The van der Waals surface area contributed by atoms with Crippen LogP contribution < -0.4 is 5.73 Å². The summed E-state index contributed by atoms with van der Waals surface area (Å²) < 4.78 is 5.84. The first-order valence-corrected chi connectivity index (χ1v) is 7.78. The molecule has 4 nitrogen and oxygen atoms in total. The highest BCUT2D eigenvalue weighted by molar-refractivity contribution is 5.85. The summed E-state index contributed by atoms with van der Waals surface area (Å²) in [4.78, 5) is 14.5. The number of ether oxygens (including phenoxy) is 1. The van der Waals surface area contributed by atoms with Crippen LogP contribution in [0.5, 0.6) is 0 Å². The van der Waals surface area contributed by atoms with Crippen molar-refractivity contribution in [1.82, 2.24) is 4.90 Å². The molecule has 1 aromatic rings. The minimum atomic E-state index is -0.0906. The first kappa shape index (κ1) is 17.3. The van der Waals surface area contributed by atoms with Crippen LogP contribution >= 0.6 is 12.4 Å². The Morgan fingerprint density at radius 2 is 2.23 bits per heavy atom. The molecule has 3 rings (SSSR count). The molecule has 0 bridgehead atoms. The van der Waals surface area contributed by atoms with Crippen molar-refractivity contribution in [1.29, 1.82) is 0 Å². The van der Waals surface area contributed by atoms with E-state index in [0.717, 1.165) is 25.9 Å². The highest BCUT2D eigenvalue weighted by atomic mass is 35.5. The molecular formula is C17H25ClN2O2. The van der Waals surface area contributed by atoms with E-state index in [1.807, 2.05) is 11.0 Å². The molecule has 1 aromatic carbocycles. The number of fused-ring (bicyclic) bond motifs is 1. The van der Waals surface area contributed by atoms with Gasteiger partial charge in [0.05, 0.1) is 19.1 Å². The molecule has 2 aliphatic heterocycles. The summed E-state index contributed by atoms with van der Waals surface area (Å²) in [6, 6.07) is 8.29. The van der Waals surface area contributed by atoms with Gasteiger partial charge in [-0.2, -0.15) is 0 Å². The van der Waals surface area contributed by atoms with Gasteiger partial charge < -0.3 is 15.4 Å². The molecule has 2 unspecified atom stereocenters. The Morgan fingerprint density at radius 1 is 1.45 bits per heavy atom. The maximum atomic E-state index is 12.5. The maximum Gasteiger partial charge on any atom is 0.225 e. The molecule has 22 heavy (non-hydrogen) atoms. The average molecular weight is 325 g/mol. The zero-order chi connectivity index (χ0) is 14.9. The molecule has 1 fully saturated rings. The summed E-state index contributed by atoms with van der Waals surface area (Å²) >= 11 is 0. The van der Waals surface area contributed by atoms with Crippen molar-refractivity contribution < 1.29 is 9.53 Å². The van der Waals surface area contributed by atoms with E-state index in [0.29, 0.717) is 19.6 Å². The van der Waals surface area contributed by atoms with Crippen LogP contribution in [0.2, 0.25) is 0 Å². The van der Waals surface area contributed by atoms with Gasteiger partial charge in [0.1, 0.15) is 0 Å². The first-order chi connectivity index (χ1) is 10.1. The van der Waals surface area contributed by atoms with Crippen molar-refractivity contribution in [2.45, 2.75) is 32.3 Å². The number of rotatable bonds is 3. The summed E-state index contributed by atoms with van der Waals surface area (Å²) in [6.45, 7) is 5.10. The van der Waals surface area contributed by atoms with E-state index in [1.54, 1.807) is 0 Å². The number of nitrogens with two attached hydrogens (primary N) is 1. The zero-order valence-corrected chi connectivity index (χ0v) is 13.9. The van der Waals surface area contributed by atoms with E-state index in [2.05, 4.69) is 25.1 Å². The fourth-order valence-electron chi connectivity index (χ4n) is 3.34. The van der Waals surface area contributed by atoms with Crippen molar-refractivity contribution in [2.24, 2.45) is 11.1 Å². The van der Waals surface area contributed by atoms with Gasteiger partial charge >= 0.3 is 0 Å².